The zero-order chi connectivity index (χ0) is 17.8. The molecule has 0 bridgehead atoms. The van der Waals surface area contributed by atoms with Crippen LogP contribution >= 0.6 is 0 Å². The summed E-state index contributed by atoms with van der Waals surface area (Å²) in [6, 6.07) is 10.4. The Morgan fingerprint density at radius 1 is 1.40 bits per heavy atom. The average molecular weight is 344 g/mol. The van der Waals surface area contributed by atoms with Gasteiger partial charge in [-0.05, 0) is 25.3 Å². The number of ether oxygens (including phenoxy) is 1. The van der Waals surface area contributed by atoms with Crippen LogP contribution in [0.4, 0.5) is 0 Å². The van der Waals surface area contributed by atoms with E-state index in [1.54, 1.807) is 0 Å². The van der Waals surface area contributed by atoms with Crippen LogP contribution in [0, 0.1) is 5.92 Å². The van der Waals surface area contributed by atoms with E-state index >= 15 is 0 Å². The normalized spacial score (nSPS) is 29.7. The summed E-state index contributed by atoms with van der Waals surface area (Å²) in [4.78, 5) is 14.8. The van der Waals surface area contributed by atoms with E-state index in [0.717, 1.165) is 18.5 Å². The van der Waals surface area contributed by atoms with Gasteiger partial charge in [0.25, 0.3) is 0 Å². The van der Waals surface area contributed by atoms with Crippen molar-refractivity contribution in [2.75, 3.05) is 19.7 Å². The number of hydrogen-bond donors (Lipinski definition) is 2. The first-order valence-electron chi connectivity index (χ1n) is 9.05. The second-order valence-electron chi connectivity index (χ2n) is 7.24. The molecule has 2 aliphatic heterocycles. The Labute approximate surface area is 149 Å². The molecule has 25 heavy (non-hydrogen) atoms. The van der Waals surface area contributed by atoms with Gasteiger partial charge in [0.2, 0.25) is 5.91 Å². The minimum absolute atomic E-state index is 0.0338. The monoisotopic (exact) mass is 344 g/mol. The molecule has 0 aliphatic carbocycles. The van der Waals surface area contributed by atoms with E-state index in [4.69, 9.17) is 4.74 Å². The van der Waals surface area contributed by atoms with Gasteiger partial charge in [-0.1, -0.05) is 42.5 Å². The first-order chi connectivity index (χ1) is 12.0. The number of nitrogens with zero attached hydrogens (tertiary/aromatic N) is 1. The number of likely N-dealkylation sites (tertiary alicyclic amines) is 1. The third kappa shape index (κ3) is 4.48. The molecule has 5 heteroatoms. The van der Waals surface area contributed by atoms with E-state index in [0.29, 0.717) is 26.1 Å². The Kier molecular flexibility index (Phi) is 5.89. The van der Waals surface area contributed by atoms with E-state index in [9.17, 15) is 9.90 Å². The van der Waals surface area contributed by atoms with Gasteiger partial charge in [-0.25, -0.2) is 0 Å². The molecule has 0 aromatic heterocycles. The third-order valence-corrected chi connectivity index (χ3v) is 5.16. The van der Waals surface area contributed by atoms with Gasteiger partial charge in [-0.15, -0.1) is 0 Å². The van der Waals surface area contributed by atoms with E-state index in [1.165, 1.54) is 5.56 Å². The SMILES string of the molecule is C=C(C)[C@H]1OCC[C@H]1C(=O)NCC1CC(O)CN1Cc1ccccc1. The number of aliphatic hydroxyl groups excluding tert-OH is 1. The molecule has 0 saturated carbocycles. The van der Waals surface area contributed by atoms with Crippen LogP contribution in [-0.4, -0.2) is 53.9 Å². The maximum Gasteiger partial charge on any atom is 0.226 e. The number of carbonyl (C=O) groups is 1. The maximum atomic E-state index is 12.6. The Balaban J connectivity index is 1.55. The molecule has 2 heterocycles. The first kappa shape index (κ1) is 18.1. The summed E-state index contributed by atoms with van der Waals surface area (Å²) < 4.78 is 5.63. The lowest BCUT2D eigenvalue weighted by Crippen LogP contribution is -2.43. The van der Waals surface area contributed by atoms with Crippen molar-refractivity contribution in [2.24, 2.45) is 5.92 Å². The zero-order valence-corrected chi connectivity index (χ0v) is 14.9. The zero-order valence-electron chi connectivity index (χ0n) is 14.9. The fourth-order valence-corrected chi connectivity index (χ4v) is 3.87. The number of β-amino-alcohol motifs (C(OH)–C–C–N with tert-alkyl or cyclic N) is 1. The highest BCUT2D eigenvalue weighted by Gasteiger charge is 2.36. The molecule has 1 aromatic carbocycles. The molecule has 5 nitrogen and oxygen atoms in total. The molecule has 2 saturated heterocycles. The number of rotatable bonds is 6. The van der Waals surface area contributed by atoms with Crippen LogP contribution in [0.15, 0.2) is 42.5 Å². The highest BCUT2D eigenvalue weighted by molar-refractivity contribution is 5.80. The number of amides is 1. The molecular weight excluding hydrogens is 316 g/mol. The van der Waals surface area contributed by atoms with Gasteiger partial charge in [-0.2, -0.15) is 0 Å². The molecule has 2 aliphatic rings. The molecule has 0 radical (unpaired) electrons. The molecule has 0 spiro atoms. The van der Waals surface area contributed by atoms with Gasteiger partial charge in [0.05, 0.1) is 18.1 Å². The number of hydrogen-bond acceptors (Lipinski definition) is 4. The van der Waals surface area contributed by atoms with Crippen molar-refractivity contribution in [3.63, 3.8) is 0 Å². The summed E-state index contributed by atoms with van der Waals surface area (Å²) in [7, 11) is 0. The van der Waals surface area contributed by atoms with Gasteiger partial charge >= 0.3 is 0 Å². The largest absolute Gasteiger partial charge is 0.392 e. The van der Waals surface area contributed by atoms with Crippen molar-refractivity contribution < 1.29 is 14.6 Å². The average Bonchev–Trinajstić information content (AvgIpc) is 3.20. The molecule has 2 N–H and O–H groups in total. The van der Waals surface area contributed by atoms with Crippen LogP contribution in [0.1, 0.15) is 25.3 Å². The molecular formula is C20H28N2O3. The van der Waals surface area contributed by atoms with Gasteiger partial charge < -0.3 is 15.2 Å². The summed E-state index contributed by atoms with van der Waals surface area (Å²) in [6.07, 6.45) is 0.931. The fraction of sp³-hybridized carbons (Fsp3) is 0.550. The van der Waals surface area contributed by atoms with Gasteiger partial charge in [-0.3, -0.25) is 9.69 Å². The van der Waals surface area contributed by atoms with Crippen molar-refractivity contribution in [3.8, 4) is 0 Å². The van der Waals surface area contributed by atoms with E-state index < -0.39 is 0 Å². The number of aliphatic hydroxyl groups is 1. The molecule has 1 amide bonds. The minimum Gasteiger partial charge on any atom is -0.392 e. The van der Waals surface area contributed by atoms with Crippen LogP contribution in [-0.2, 0) is 16.1 Å². The van der Waals surface area contributed by atoms with E-state index in [-0.39, 0.29) is 30.1 Å². The quantitative estimate of drug-likeness (QED) is 0.772. The van der Waals surface area contributed by atoms with E-state index in [2.05, 4.69) is 28.9 Å². The Hall–Kier alpha value is -1.69. The molecule has 2 unspecified atom stereocenters. The van der Waals surface area contributed by atoms with Gasteiger partial charge in [0.15, 0.2) is 0 Å². The number of nitrogens with one attached hydrogen (secondary N) is 1. The summed E-state index contributed by atoms with van der Waals surface area (Å²) in [5, 5.41) is 13.1. The number of benzene rings is 1. The maximum absolute atomic E-state index is 12.6. The summed E-state index contributed by atoms with van der Waals surface area (Å²) in [5.41, 5.74) is 2.12. The third-order valence-electron chi connectivity index (χ3n) is 5.16. The Bertz CT molecular complexity index is 604. The van der Waals surface area contributed by atoms with Crippen LogP contribution in [0.25, 0.3) is 0 Å². The molecule has 2 fully saturated rings. The topological polar surface area (TPSA) is 61.8 Å². The highest BCUT2D eigenvalue weighted by Crippen LogP contribution is 2.26. The van der Waals surface area contributed by atoms with Crippen LogP contribution in [0.5, 0.6) is 0 Å². The van der Waals surface area contributed by atoms with Crippen molar-refractivity contribution in [2.45, 2.75) is 44.6 Å². The summed E-state index contributed by atoms with van der Waals surface area (Å²) in [5.74, 6) is -0.113. The predicted octanol–water partition coefficient (Wildman–Crippen LogP) is 1.72. The Morgan fingerprint density at radius 3 is 2.88 bits per heavy atom. The van der Waals surface area contributed by atoms with Crippen molar-refractivity contribution >= 4 is 5.91 Å². The smallest absolute Gasteiger partial charge is 0.226 e. The van der Waals surface area contributed by atoms with Crippen molar-refractivity contribution in [1.29, 1.82) is 0 Å². The molecule has 136 valence electrons. The second-order valence-corrected chi connectivity index (χ2v) is 7.24. The fourth-order valence-electron chi connectivity index (χ4n) is 3.87. The van der Waals surface area contributed by atoms with E-state index in [1.807, 2.05) is 25.1 Å². The standard InChI is InChI=1S/C20H28N2O3/c1-14(2)19-18(8-9-25-19)20(24)21-11-16-10-17(23)13-22(16)12-15-6-4-3-5-7-15/h3-7,16-19,23H,1,8-13H2,2H3,(H,21,24)/t16?,17?,18-,19-/m1/s1. The van der Waals surface area contributed by atoms with Gasteiger partial charge in [0.1, 0.15) is 0 Å². The lowest BCUT2D eigenvalue weighted by Gasteiger charge is -2.25. The lowest BCUT2D eigenvalue weighted by atomic mass is 9.96. The second kappa shape index (κ2) is 8.13. The van der Waals surface area contributed by atoms with Crippen molar-refractivity contribution in [3.05, 3.63) is 48.0 Å². The first-order valence-corrected chi connectivity index (χ1v) is 9.05. The summed E-state index contributed by atoms with van der Waals surface area (Å²) >= 11 is 0. The Morgan fingerprint density at radius 2 is 2.16 bits per heavy atom. The van der Waals surface area contributed by atoms with Crippen LogP contribution < -0.4 is 5.32 Å². The predicted molar refractivity (Wildman–Crippen MR) is 96.9 cm³/mol. The van der Waals surface area contributed by atoms with Crippen molar-refractivity contribution in [1.82, 2.24) is 10.2 Å². The minimum atomic E-state index is -0.330. The van der Waals surface area contributed by atoms with Gasteiger partial charge in [0, 0.05) is 32.3 Å². The molecule has 4 atom stereocenters. The molecule has 1 aromatic rings. The number of carbonyl (C=O) groups excluding carboxylic acids is 1. The van der Waals surface area contributed by atoms with Crippen LogP contribution in [0.2, 0.25) is 0 Å². The summed E-state index contributed by atoms with van der Waals surface area (Å²) in [6.45, 7) is 8.44. The lowest BCUT2D eigenvalue weighted by molar-refractivity contribution is -0.126. The highest BCUT2D eigenvalue weighted by atomic mass is 16.5. The molecule has 3 rings (SSSR count). The van der Waals surface area contributed by atoms with Crippen LogP contribution in [0.3, 0.4) is 0 Å².